The SMILES string of the molecule is Cc1cc(C(=O)C(C)(C)N2CCOCC2)cc(C)c1SCCC(=O)O. The average Bonchev–Trinajstić information content (AvgIpc) is 2.57. The highest BCUT2D eigenvalue weighted by Crippen LogP contribution is 2.30. The molecule has 1 heterocycles. The van der Waals surface area contributed by atoms with Crippen LogP contribution in [0.1, 0.15) is 41.8 Å². The summed E-state index contributed by atoms with van der Waals surface area (Å²) >= 11 is 1.54. The van der Waals surface area contributed by atoms with E-state index in [2.05, 4.69) is 4.90 Å². The smallest absolute Gasteiger partial charge is 0.304 e. The van der Waals surface area contributed by atoms with E-state index in [1.807, 2.05) is 39.8 Å². The number of nitrogens with zero attached hydrogens (tertiary/aromatic N) is 1. The summed E-state index contributed by atoms with van der Waals surface area (Å²) in [6.45, 7) is 10.8. The number of aliphatic carboxylic acids is 1. The van der Waals surface area contributed by atoms with Crippen LogP contribution in [-0.4, -0.2) is 59.4 Å². The van der Waals surface area contributed by atoms with Crippen molar-refractivity contribution in [2.75, 3.05) is 32.1 Å². The summed E-state index contributed by atoms with van der Waals surface area (Å²) in [6, 6.07) is 3.86. The van der Waals surface area contributed by atoms with Crippen molar-refractivity contribution in [2.24, 2.45) is 0 Å². The fourth-order valence-electron chi connectivity index (χ4n) is 3.17. The Morgan fingerprint density at radius 1 is 1.20 bits per heavy atom. The molecule has 1 aliphatic rings. The zero-order chi connectivity index (χ0) is 18.6. The molecule has 138 valence electrons. The molecule has 0 radical (unpaired) electrons. The summed E-state index contributed by atoms with van der Waals surface area (Å²) < 4.78 is 5.39. The van der Waals surface area contributed by atoms with Gasteiger partial charge in [0.05, 0.1) is 25.2 Å². The van der Waals surface area contributed by atoms with E-state index in [1.165, 1.54) is 11.8 Å². The number of ketones is 1. The van der Waals surface area contributed by atoms with Crippen LogP contribution in [0.4, 0.5) is 0 Å². The molecule has 2 rings (SSSR count). The van der Waals surface area contributed by atoms with E-state index in [4.69, 9.17) is 9.84 Å². The van der Waals surface area contributed by atoms with Crippen molar-refractivity contribution in [3.63, 3.8) is 0 Å². The van der Waals surface area contributed by atoms with Gasteiger partial charge in [-0.15, -0.1) is 11.8 Å². The zero-order valence-corrected chi connectivity index (χ0v) is 16.2. The van der Waals surface area contributed by atoms with Crippen LogP contribution in [0.25, 0.3) is 0 Å². The summed E-state index contributed by atoms with van der Waals surface area (Å²) in [5.41, 5.74) is 2.20. The third-order valence-electron chi connectivity index (χ3n) is 4.64. The van der Waals surface area contributed by atoms with Crippen LogP contribution < -0.4 is 0 Å². The van der Waals surface area contributed by atoms with E-state index in [0.29, 0.717) is 24.5 Å². The van der Waals surface area contributed by atoms with Crippen molar-refractivity contribution in [1.29, 1.82) is 0 Å². The summed E-state index contributed by atoms with van der Waals surface area (Å²) in [6.07, 6.45) is 0.133. The van der Waals surface area contributed by atoms with E-state index in [-0.39, 0.29) is 12.2 Å². The minimum atomic E-state index is -0.790. The Balaban J connectivity index is 2.18. The van der Waals surface area contributed by atoms with Crippen molar-refractivity contribution >= 4 is 23.5 Å². The van der Waals surface area contributed by atoms with Gasteiger partial charge in [-0.1, -0.05) is 0 Å². The van der Waals surface area contributed by atoms with Crippen LogP contribution in [0.5, 0.6) is 0 Å². The molecule has 0 aliphatic carbocycles. The highest BCUT2D eigenvalue weighted by atomic mass is 32.2. The maximum absolute atomic E-state index is 13.1. The van der Waals surface area contributed by atoms with Crippen molar-refractivity contribution in [3.8, 4) is 0 Å². The number of carbonyl (C=O) groups is 2. The summed E-state index contributed by atoms with van der Waals surface area (Å²) in [5, 5.41) is 8.79. The number of ether oxygens (including phenoxy) is 1. The molecule has 0 atom stereocenters. The van der Waals surface area contributed by atoms with Crippen molar-refractivity contribution < 1.29 is 19.4 Å². The molecule has 0 bridgehead atoms. The first-order valence-electron chi connectivity index (χ1n) is 8.57. The largest absolute Gasteiger partial charge is 0.481 e. The van der Waals surface area contributed by atoms with Gasteiger partial charge in [0.2, 0.25) is 0 Å². The lowest BCUT2D eigenvalue weighted by molar-refractivity contribution is -0.136. The van der Waals surface area contributed by atoms with Crippen LogP contribution in [0, 0.1) is 13.8 Å². The van der Waals surface area contributed by atoms with Crippen molar-refractivity contribution in [1.82, 2.24) is 4.90 Å². The van der Waals surface area contributed by atoms with Crippen LogP contribution in [0.3, 0.4) is 0 Å². The fraction of sp³-hybridized carbons (Fsp3) is 0.579. The van der Waals surface area contributed by atoms with E-state index in [9.17, 15) is 9.59 Å². The molecule has 1 aromatic carbocycles. The Labute approximate surface area is 153 Å². The quantitative estimate of drug-likeness (QED) is 0.591. The average molecular weight is 365 g/mol. The van der Waals surface area contributed by atoms with Gasteiger partial charge in [-0.25, -0.2) is 0 Å². The zero-order valence-electron chi connectivity index (χ0n) is 15.4. The predicted molar refractivity (Wildman–Crippen MR) is 99.7 cm³/mol. The molecule has 5 nitrogen and oxygen atoms in total. The molecule has 1 N–H and O–H groups in total. The van der Waals surface area contributed by atoms with Crippen LogP contribution in [0.2, 0.25) is 0 Å². The highest BCUT2D eigenvalue weighted by Gasteiger charge is 2.36. The van der Waals surface area contributed by atoms with Gasteiger partial charge in [-0.05, 0) is 51.0 Å². The van der Waals surface area contributed by atoms with Crippen molar-refractivity contribution in [3.05, 3.63) is 28.8 Å². The standard InChI is InChI=1S/C19H27NO4S/c1-13-11-15(12-14(2)17(13)25-10-5-16(21)22)18(23)19(3,4)20-6-8-24-9-7-20/h11-12H,5-10H2,1-4H3,(H,21,22). The number of rotatable bonds is 7. The van der Waals surface area contributed by atoms with Gasteiger partial charge >= 0.3 is 5.97 Å². The summed E-state index contributed by atoms with van der Waals surface area (Å²) in [5.74, 6) is -0.145. The topological polar surface area (TPSA) is 66.8 Å². The number of carbonyl (C=O) groups excluding carboxylic acids is 1. The fourth-order valence-corrected chi connectivity index (χ4v) is 4.22. The molecule has 1 saturated heterocycles. The van der Waals surface area contributed by atoms with Gasteiger partial charge in [0.15, 0.2) is 5.78 Å². The molecule has 25 heavy (non-hydrogen) atoms. The Morgan fingerprint density at radius 2 is 1.76 bits per heavy atom. The second-order valence-corrected chi connectivity index (χ2v) is 8.02. The maximum Gasteiger partial charge on any atom is 0.304 e. The number of morpholine rings is 1. The first-order valence-corrected chi connectivity index (χ1v) is 9.55. The minimum absolute atomic E-state index is 0.114. The predicted octanol–water partition coefficient (Wildman–Crippen LogP) is 3.16. The molecule has 0 aromatic heterocycles. The Kier molecular flexibility index (Phi) is 6.65. The Hall–Kier alpha value is -1.37. The van der Waals surface area contributed by atoms with Gasteiger partial charge < -0.3 is 9.84 Å². The number of carboxylic acids is 1. The van der Waals surface area contributed by atoms with Gasteiger partial charge in [0.1, 0.15) is 0 Å². The molecule has 1 aromatic rings. The van der Waals surface area contributed by atoms with Crippen molar-refractivity contribution in [2.45, 2.75) is 44.6 Å². The Bertz CT molecular complexity index is 628. The van der Waals surface area contributed by atoms with E-state index >= 15 is 0 Å². The second kappa shape index (κ2) is 8.34. The number of thioether (sulfide) groups is 1. The monoisotopic (exact) mass is 365 g/mol. The molecule has 0 saturated carbocycles. The van der Waals surface area contributed by atoms with E-state index in [0.717, 1.165) is 29.1 Å². The van der Waals surface area contributed by atoms with Crippen LogP contribution >= 0.6 is 11.8 Å². The molecule has 0 spiro atoms. The molecular formula is C19H27NO4S. The van der Waals surface area contributed by atoms with Gasteiger partial charge in [0, 0.05) is 29.3 Å². The number of hydrogen-bond donors (Lipinski definition) is 1. The maximum atomic E-state index is 13.1. The summed E-state index contributed by atoms with van der Waals surface area (Å²) in [7, 11) is 0. The normalized spacial score (nSPS) is 16.0. The van der Waals surface area contributed by atoms with Gasteiger partial charge in [-0.3, -0.25) is 14.5 Å². The van der Waals surface area contributed by atoms with Crippen LogP contribution in [-0.2, 0) is 9.53 Å². The number of Topliss-reactive ketones (excluding diaryl/α,β-unsaturated/α-hetero) is 1. The van der Waals surface area contributed by atoms with Crippen LogP contribution in [0.15, 0.2) is 17.0 Å². The van der Waals surface area contributed by atoms with E-state index in [1.54, 1.807) is 0 Å². The first kappa shape index (κ1) is 19.9. The Morgan fingerprint density at radius 3 is 2.28 bits per heavy atom. The van der Waals surface area contributed by atoms with Gasteiger partial charge in [-0.2, -0.15) is 0 Å². The molecule has 1 fully saturated rings. The molecule has 0 unspecified atom stereocenters. The minimum Gasteiger partial charge on any atom is -0.481 e. The number of hydrogen-bond acceptors (Lipinski definition) is 5. The number of aryl methyl sites for hydroxylation is 2. The van der Waals surface area contributed by atoms with Gasteiger partial charge in [0.25, 0.3) is 0 Å². The third-order valence-corrected chi connectivity index (χ3v) is 5.98. The number of carboxylic acid groups (broad SMARTS) is 1. The molecular weight excluding hydrogens is 338 g/mol. The number of benzene rings is 1. The second-order valence-electron chi connectivity index (χ2n) is 6.92. The molecule has 0 amide bonds. The van der Waals surface area contributed by atoms with E-state index < -0.39 is 11.5 Å². The molecule has 6 heteroatoms. The third kappa shape index (κ3) is 4.84. The lowest BCUT2D eigenvalue weighted by Gasteiger charge is -2.39. The summed E-state index contributed by atoms with van der Waals surface area (Å²) in [4.78, 5) is 27.1. The highest BCUT2D eigenvalue weighted by molar-refractivity contribution is 7.99. The first-order chi connectivity index (χ1) is 11.7. The lowest BCUT2D eigenvalue weighted by atomic mass is 9.89. The lowest BCUT2D eigenvalue weighted by Crippen LogP contribution is -2.54. The molecule has 1 aliphatic heterocycles.